The van der Waals surface area contributed by atoms with Crippen LogP contribution in [0.3, 0.4) is 0 Å². The Morgan fingerprint density at radius 2 is 1.39 bits per heavy atom. The van der Waals surface area contributed by atoms with Gasteiger partial charge in [0.05, 0.1) is 0 Å². The Balaban J connectivity index is 3.22. The second-order valence-corrected chi connectivity index (χ2v) is 19.9. The van der Waals surface area contributed by atoms with Crippen LogP contribution in [0.5, 0.6) is 0 Å². The van der Waals surface area contributed by atoms with Crippen LogP contribution in [0.4, 0.5) is 8.78 Å². The molecule has 0 aliphatic rings. The molecule has 0 radical (unpaired) electrons. The SMILES string of the molecule is CCC[CH2][Sn]([CH2]CCC)([CH2]CCC)[c]1ccc(C(F)F)nc1C. The van der Waals surface area contributed by atoms with Gasteiger partial charge in [-0.15, -0.1) is 0 Å². The third-order valence-corrected chi connectivity index (χ3v) is 20.9. The van der Waals surface area contributed by atoms with Gasteiger partial charge in [-0.2, -0.15) is 0 Å². The molecule has 0 atom stereocenters. The quantitative estimate of drug-likeness (QED) is 0.370. The van der Waals surface area contributed by atoms with E-state index in [1.165, 1.54) is 55.4 Å². The van der Waals surface area contributed by atoms with E-state index >= 15 is 0 Å². The summed E-state index contributed by atoms with van der Waals surface area (Å²) >= 11 is -2.54. The Labute approximate surface area is 145 Å². The predicted molar refractivity (Wildman–Crippen MR) is 98.5 cm³/mol. The standard InChI is InChI=1S/C7H6F2N.3C4H9.Sn/c1-5-3-2-4-6(10-5)7(8)9;3*1-3-4-2;/h2,4,7H,1H3;3*1,3-4H2,2H3;. The molecule has 0 aliphatic heterocycles. The molecule has 0 unspecified atom stereocenters. The summed E-state index contributed by atoms with van der Waals surface area (Å²) in [5.41, 5.74) is 0.829. The van der Waals surface area contributed by atoms with Gasteiger partial charge in [-0.3, -0.25) is 0 Å². The molecule has 1 aromatic heterocycles. The normalized spacial score (nSPS) is 12.1. The molecule has 0 amide bonds. The van der Waals surface area contributed by atoms with Crippen LogP contribution in [0.2, 0.25) is 13.3 Å². The summed E-state index contributed by atoms with van der Waals surface area (Å²) in [7, 11) is 0. The number of nitrogens with zero attached hydrogens (tertiary/aromatic N) is 1. The molecule has 0 aromatic carbocycles. The number of hydrogen-bond donors (Lipinski definition) is 0. The number of aryl methyl sites for hydroxylation is 1. The molecule has 0 fully saturated rings. The first-order valence-electron chi connectivity index (χ1n) is 9.26. The zero-order chi connectivity index (χ0) is 17.3. The van der Waals surface area contributed by atoms with Crippen LogP contribution in [0.25, 0.3) is 0 Å². The minimum absolute atomic E-state index is 0.0621. The van der Waals surface area contributed by atoms with Crippen LogP contribution in [0, 0.1) is 6.92 Å². The fourth-order valence-corrected chi connectivity index (χ4v) is 20.5. The van der Waals surface area contributed by atoms with Crippen LogP contribution in [0.15, 0.2) is 12.1 Å². The van der Waals surface area contributed by atoms with Crippen LogP contribution in [-0.2, 0) is 0 Å². The van der Waals surface area contributed by atoms with E-state index in [0.29, 0.717) is 0 Å². The van der Waals surface area contributed by atoms with Gasteiger partial charge in [0.1, 0.15) is 0 Å². The molecule has 0 bridgehead atoms. The van der Waals surface area contributed by atoms with Crippen molar-refractivity contribution >= 4 is 22.0 Å². The summed E-state index contributed by atoms with van der Waals surface area (Å²) in [6.07, 6.45) is 5.03. The summed E-state index contributed by atoms with van der Waals surface area (Å²) < 4.78 is 31.3. The maximum absolute atomic E-state index is 12.9. The van der Waals surface area contributed by atoms with Crippen molar-refractivity contribution in [2.45, 2.75) is 86.0 Å². The van der Waals surface area contributed by atoms with Crippen molar-refractivity contribution in [3.05, 3.63) is 23.5 Å². The Kier molecular flexibility index (Phi) is 9.64. The molecule has 1 heterocycles. The van der Waals surface area contributed by atoms with E-state index in [9.17, 15) is 8.78 Å². The molecule has 0 saturated carbocycles. The third kappa shape index (κ3) is 5.99. The van der Waals surface area contributed by atoms with Crippen molar-refractivity contribution < 1.29 is 8.78 Å². The molecule has 1 aromatic rings. The summed E-state index contributed by atoms with van der Waals surface area (Å²) in [6.45, 7) is 8.71. The summed E-state index contributed by atoms with van der Waals surface area (Å²) in [5.74, 6) is 0. The molecule has 1 rings (SSSR count). The van der Waals surface area contributed by atoms with E-state index in [1.54, 1.807) is 6.07 Å². The average Bonchev–Trinajstić information content (AvgIpc) is 2.54. The van der Waals surface area contributed by atoms with Gasteiger partial charge in [0.2, 0.25) is 0 Å². The Bertz CT molecular complexity index is 441. The molecule has 4 heteroatoms. The van der Waals surface area contributed by atoms with E-state index in [0.717, 1.165) is 5.69 Å². The number of halogens is 2. The van der Waals surface area contributed by atoms with E-state index < -0.39 is 24.8 Å². The first kappa shape index (κ1) is 20.9. The van der Waals surface area contributed by atoms with Gasteiger partial charge in [0.15, 0.2) is 0 Å². The first-order valence-corrected chi connectivity index (χ1v) is 16.7. The third-order valence-electron chi connectivity index (χ3n) is 4.93. The summed E-state index contributed by atoms with van der Waals surface area (Å²) in [6, 6.07) is 3.61. The number of alkyl halides is 2. The number of unbranched alkanes of at least 4 members (excludes halogenated alkanes) is 3. The summed E-state index contributed by atoms with van der Waals surface area (Å²) in [4.78, 5) is 4.27. The Morgan fingerprint density at radius 1 is 0.913 bits per heavy atom. The summed E-state index contributed by atoms with van der Waals surface area (Å²) in [5, 5.41) is 0. The van der Waals surface area contributed by atoms with E-state index in [4.69, 9.17) is 0 Å². The molecule has 0 saturated heterocycles. The van der Waals surface area contributed by atoms with Gasteiger partial charge >= 0.3 is 145 Å². The zero-order valence-electron chi connectivity index (χ0n) is 15.3. The van der Waals surface area contributed by atoms with Gasteiger partial charge < -0.3 is 0 Å². The minimum atomic E-state index is -2.54. The fourth-order valence-electron chi connectivity index (χ4n) is 3.59. The van der Waals surface area contributed by atoms with E-state index in [1.807, 2.05) is 13.0 Å². The molecule has 0 spiro atoms. The first-order chi connectivity index (χ1) is 11.0. The fraction of sp³-hybridized carbons (Fsp3) is 0.737. The van der Waals surface area contributed by atoms with Gasteiger partial charge in [0.25, 0.3) is 0 Å². The molecule has 0 aliphatic carbocycles. The van der Waals surface area contributed by atoms with Crippen LogP contribution in [0.1, 0.15) is 77.1 Å². The van der Waals surface area contributed by atoms with Crippen molar-refractivity contribution in [3.63, 3.8) is 0 Å². The van der Waals surface area contributed by atoms with Crippen LogP contribution in [-0.4, -0.2) is 23.4 Å². The van der Waals surface area contributed by atoms with Crippen molar-refractivity contribution in [1.29, 1.82) is 0 Å². The molecular weight excluding hydrogens is 399 g/mol. The molecule has 0 N–H and O–H groups in total. The van der Waals surface area contributed by atoms with Crippen molar-refractivity contribution in [1.82, 2.24) is 4.98 Å². The topological polar surface area (TPSA) is 12.9 Å². The van der Waals surface area contributed by atoms with Gasteiger partial charge in [0, 0.05) is 0 Å². The monoisotopic (exact) mass is 433 g/mol. The van der Waals surface area contributed by atoms with E-state index in [-0.39, 0.29) is 5.69 Å². The predicted octanol–water partition coefficient (Wildman–Crippen LogP) is 6.38. The van der Waals surface area contributed by atoms with Gasteiger partial charge in [-0.05, 0) is 0 Å². The number of pyridine rings is 1. The Hall–Kier alpha value is -0.191. The van der Waals surface area contributed by atoms with Crippen molar-refractivity contribution in [3.8, 4) is 0 Å². The number of aromatic nitrogens is 1. The maximum atomic E-state index is 12.9. The second kappa shape index (κ2) is 10.6. The van der Waals surface area contributed by atoms with Crippen molar-refractivity contribution in [2.24, 2.45) is 0 Å². The van der Waals surface area contributed by atoms with Gasteiger partial charge in [-0.1, -0.05) is 0 Å². The Morgan fingerprint density at radius 3 is 1.74 bits per heavy atom. The van der Waals surface area contributed by atoms with Gasteiger partial charge in [-0.25, -0.2) is 0 Å². The average molecular weight is 432 g/mol. The zero-order valence-corrected chi connectivity index (χ0v) is 18.2. The van der Waals surface area contributed by atoms with Crippen molar-refractivity contribution in [2.75, 3.05) is 0 Å². The molecule has 132 valence electrons. The second-order valence-electron chi connectivity index (χ2n) is 6.76. The molecule has 23 heavy (non-hydrogen) atoms. The molecular formula is C19H33F2NSn. The number of rotatable bonds is 11. The number of hydrogen-bond acceptors (Lipinski definition) is 1. The van der Waals surface area contributed by atoms with Crippen LogP contribution < -0.4 is 3.58 Å². The molecule has 1 nitrogen and oxygen atoms in total. The van der Waals surface area contributed by atoms with E-state index in [2.05, 4.69) is 25.8 Å². The van der Waals surface area contributed by atoms with Crippen LogP contribution >= 0.6 is 0 Å².